The van der Waals surface area contributed by atoms with Crippen molar-refractivity contribution in [2.45, 2.75) is 5.75 Å². The molecule has 0 spiro atoms. The molecular weight excluding hydrogens is 342 g/mol. The zero-order chi connectivity index (χ0) is 13.5. The van der Waals surface area contributed by atoms with E-state index in [1.54, 1.807) is 0 Å². The van der Waals surface area contributed by atoms with Gasteiger partial charge < -0.3 is 5.32 Å². The molecule has 0 bridgehead atoms. The van der Waals surface area contributed by atoms with Crippen LogP contribution in [0.2, 0.25) is 5.02 Å². The third-order valence-electron chi connectivity index (χ3n) is 2.62. The summed E-state index contributed by atoms with van der Waals surface area (Å²) in [5.74, 6) is 2.10. The maximum Gasteiger partial charge on any atom is 0.0484 e. The Labute approximate surface area is 131 Å². The van der Waals surface area contributed by atoms with E-state index in [1.807, 2.05) is 42.1 Å². The number of anilines is 1. The number of rotatable bonds is 6. The molecule has 0 aliphatic rings. The van der Waals surface area contributed by atoms with Crippen LogP contribution in [0.25, 0.3) is 0 Å². The molecule has 2 aromatic carbocycles. The monoisotopic (exact) mass is 355 g/mol. The largest absolute Gasteiger partial charge is 0.383 e. The van der Waals surface area contributed by atoms with Gasteiger partial charge in [0.1, 0.15) is 0 Å². The second-order valence-corrected chi connectivity index (χ2v) is 6.48. The zero-order valence-electron chi connectivity index (χ0n) is 10.4. The van der Waals surface area contributed by atoms with Gasteiger partial charge in [0, 0.05) is 33.2 Å². The van der Waals surface area contributed by atoms with Crippen LogP contribution in [0.1, 0.15) is 5.56 Å². The van der Waals surface area contributed by atoms with Gasteiger partial charge in [-0.1, -0.05) is 35.9 Å². The third kappa shape index (κ3) is 5.09. The van der Waals surface area contributed by atoms with E-state index in [4.69, 9.17) is 11.6 Å². The molecular formula is C15H15BrClNS. The van der Waals surface area contributed by atoms with Gasteiger partial charge >= 0.3 is 0 Å². The molecule has 0 saturated heterocycles. The molecule has 0 heterocycles. The normalized spacial score (nSPS) is 10.4. The average molecular weight is 357 g/mol. The van der Waals surface area contributed by atoms with Crippen molar-refractivity contribution in [2.24, 2.45) is 0 Å². The van der Waals surface area contributed by atoms with E-state index >= 15 is 0 Å². The lowest BCUT2D eigenvalue weighted by molar-refractivity contribution is 1.22. The standard InChI is InChI=1S/C15H15BrClNS/c16-14-3-1-2-4-15(14)18-9-10-19-11-12-5-7-13(17)8-6-12/h1-8,18H,9-11H2. The summed E-state index contributed by atoms with van der Waals surface area (Å²) in [5.41, 5.74) is 2.46. The summed E-state index contributed by atoms with van der Waals surface area (Å²) in [6.07, 6.45) is 0. The summed E-state index contributed by atoms with van der Waals surface area (Å²) in [7, 11) is 0. The van der Waals surface area contributed by atoms with Gasteiger partial charge in [0.25, 0.3) is 0 Å². The number of halogens is 2. The molecule has 0 aliphatic carbocycles. The van der Waals surface area contributed by atoms with E-state index in [2.05, 4.69) is 39.4 Å². The first-order chi connectivity index (χ1) is 9.25. The van der Waals surface area contributed by atoms with Gasteiger partial charge in [-0.2, -0.15) is 11.8 Å². The Morgan fingerprint density at radius 1 is 1.05 bits per heavy atom. The van der Waals surface area contributed by atoms with Gasteiger partial charge in [0.2, 0.25) is 0 Å². The Morgan fingerprint density at radius 2 is 1.79 bits per heavy atom. The molecule has 2 aromatic rings. The number of benzene rings is 2. The second kappa shape index (κ2) is 7.83. The van der Waals surface area contributed by atoms with Crippen LogP contribution in [0.4, 0.5) is 5.69 Å². The highest BCUT2D eigenvalue weighted by molar-refractivity contribution is 9.10. The van der Waals surface area contributed by atoms with E-state index in [-0.39, 0.29) is 0 Å². The van der Waals surface area contributed by atoms with Crippen molar-refractivity contribution in [2.75, 3.05) is 17.6 Å². The van der Waals surface area contributed by atoms with Crippen LogP contribution in [0.3, 0.4) is 0 Å². The molecule has 0 saturated carbocycles. The van der Waals surface area contributed by atoms with Crippen molar-refractivity contribution >= 4 is 45.0 Å². The lowest BCUT2D eigenvalue weighted by Gasteiger charge is -2.08. The fourth-order valence-electron chi connectivity index (χ4n) is 1.63. The van der Waals surface area contributed by atoms with Crippen LogP contribution < -0.4 is 5.32 Å². The fourth-order valence-corrected chi connectivity index (χ4v) is 3.00. The van der Waals surface area contributed by atoms with E-state index < -0.39 is 0 Å². The maximum absolute atomic E-state index is 5.86. The number of hydrogen-bond acceptors (Lipinski definition) is 2. The Morgan fingerprint density at radius 3 is 2.53 bits per heavy atom. The molecule has 0 aliphatic heterocycles. The van der Waals surface area contributed by atoms with Crippen LogP contribution in [-0.2, 0) is 5.75 Å². The fraction of sp³-hybridized carbons (Fsp3) is 0.200. The minimum Gasteiger partial charge on any atom is -0.383 e. The van der Waals surface area contributed by atoms with E-state index in [9.17, 15) is 0 Å². The van der Waals surface area contributed by atoms with Crippen molar-refractivity contribution in [1.29, 1.82) is 0 Å². The van der Waals surface area contributed by atoms with Gasteiger partial charge in [0.05, 0.1) is 0 Å². The smallest absolute Gasteiger partial charge is 0.0484 e. The summed E-state index contributed by atoms with van der Waals surface area (Å²) in [4.78, 5) is 0. The maximum atomic E-state index is 5.86. The molecule has 2 rings (SSSR count). The third-order valence-corrected chi connectivity index (χ3v) is 4.59. The van der Waals surface area contributed by atoms with Crippen LogP contribution in [0.5, 0.6) is 0 Å². The van der Waals surface area contributed by atoms with E-state index in [1.165, 1.54) is 5.56 Å². The highest BCUT2D eigenvalue weighted by Crippen LogP contribution is 2.21. The van der Waals surface area contributed by atoms with Gasteiger partial charge in [-0.05, 0) is 45.8 Å². The molecule has 0 radical (unpaired) electrons. The Balaban J connectivity index is 1.67. The first kappa shape index (κ1) is 14.8. The van der Waals surface area contributed by atoms with Crippen LogP contribution in [0.15, 0.2) is 53.0 Å². The topological polar surface area (TPSA) is 12.0 Å². The predicted octanol–water partition coefficient (Wildman–Crippen LogP) is 5.45. The summed E-state index contributed by atoms with van der Waals surface area (Å²) < 4.78 is 1.11. The first-order valence-corrected chi connectivity index (χ1v) is 8.39. The molecule has 1 N–H and O–H groups in total. The van der Waals surface area contributed by atoms with Gasteiger partial charge in [-0.3, -0.25) is 0 Å². The number of nitrogens with one attached hydrogen (secondary N) is 1. The molecule has 4 heteroatoms. The molecule has 0 fully saturated rings. The molecule has 0 amide bonds. The summed E-state index contributed by atoms with van der Waals surface area (Å²) in [6.45, 7) is 0.959. The van der Waals surface area contributed by atoms with Crippen molar-refractivity contribution in [3.05, 3.63) is 63.6 Å². The van der Waals surface area contributed by atoms with Gasteiger partial charge in [0.15, 0.2) is 0 Å². The summed E-state index contributed by atoms with van der Waals surface area (Å²) >= 11 is 11.3. The lowest BCUT2D eigenvalue weighted by atomic mass is 10.2. The van der Waals surface area contributed by atoms with Crippen LogP contribution in [-0.4, -0.2) is 12.3 Å². The molecule has 0 aromatic heterocycles. The SMILES string of the molecule is Clc1ccc(CSCCNc2ccccc2Br)cc1. The Kier molecular flexibility index (Phi) is 6.08. The number of thioether (sulfide) groups is 1. The number of para-hydroxylation sites is 1. The second-order valence-electron chi connectivity index (χ2n) is 4.09. The van der Waals surface area contributed by atoms with Crippen molar-refractivity contribution < 1.29 is 0 Å². The minimum absolute atomic E-state index is 0.796. The van der Waals surface area contributed by atoms with Crippen LogP contribution >= 0.6 is 39.3 Å². The first-order valence-electron chi connectivity index (χ1n) is 6.06. The molecule has 19 heavy (non-hydrogen) atoms. The predicted molar refractivity (Wildman–Crippen MR) is 90.2 cm³/mol. The molecule has 1 nitrogen and oxygen atoms in total. The van der Waals surface area contributed by atoms with Gasteiger partial charge in [-0.25, -0.2) is 0 Å². The molecule has 0 unspecified atom stereocenters. The van der Waals surface area contributed by atoms with Crippen molar-refractivity contribution in [3.63, 3.8) is 0 Å². The van der Waals surface area contributed by atoms with E-state index in [0.717, 1.165) is 33.2 Å². The van der Waals surface area contributed by atoms with E-state index in [0.29, 0.717) is 0 Å². The highest BCUT2D eigenvalue weighted by Gasteiger charge is 1.97. The summed E-state index contributed by atoms with van der Waals surface area (Å²) in [6, 6.07) is 16.2. The quantitative estimate of drug-likeness (QED) is 0.691. The Hall–Kier alpha value is -0.640. The van der Waals surface area contributed by atoms with Crippen molar-refractivity contribution in [1.82, 2.24) is 0 Å². The van der Waals surface area contributed by atoms with Crippen molar-refractivity contribution in [3.8, 4) is 0 Å². The molecule has 100 valence electrons. The minimum atomic E-state index is 0.796. The zero-order valence-corrected chi connectivity index (χ0v) is 13.6. The molecule has 0 atom stereocenters. The highest BCUT2D eigenvalue weighted by atomic mass is 79.9. The van der Waals surface area contributed by atoms with Crippen LogP contribution in [0, 0.1) is 0 Å². The Bertz CT molecular complexity index is 516. The van der Waals surface area contributed by atoms with Gasteiger partial charge in [-0.15, -0.1) is 0 Å². The average Bonchev–Trinajstić information content (AvgIpc) is 2.42. The summed E-state index contributed by atoms with van der Waals surface area (Å²) in [5, 5.41) is 4.22. The lowest BCUT2D eigenvalue weighted by Crippen LogP contribution is -2.04. The number of hydrogen-bond donors (Lipinski definition) is 1.